The van der Waals surface area contributed by atoms with E-state index in [1.54, 1.807) is 18.2 Å². The molecule has 0 spiro atoms. The number of fused-ring (bicyclic) bond motifs is 2. The van der Waals surface area contributed by atoms with E-state index in [4.69, 9.17) is 14.5 Å². The highest BCUT2D eigenvalue weighted by Gasteiger charge is 2.22. The van der Waals surface area contributed by atoms with E-state index in [1.807, 2.05) is 97.1 Å². The van der Waals surface area contributed by atoms with E-state index in [0.717, 1.165) is 38.9 Å². The van der Waals surface area contributed by atoms with Crippen LogP contribution in [0.1, 0.15) is 0 Å². The maximum Gasteiger partial charge on any atom is 0.238 e. The fourth-order valence-electron chi connectivity index (χ4n) is 4.58. The average Bonchev–Trinajstić information content (AvgIpc) is 2.92. The fourth-order valence-corrected chi connectivity index (χ4v) is 5.32. The molecule has 2 aliphatic rings. The number of sulfonamides is 1. The lowest BCUT2D eigenvalue weighted by atomic mass is 9.93. The number of para-hydroxylation sites is 2. The van der Waals surface area contributed by atoms with Gasteiger partial charge in [-0.3, -0.25) is 0 Å². The summed E-state index contributed by atoms with van der Waals surface area (Å²) in [5.74, 6) is 0.575. The molecule has 6 rings (SSSR count). The van der Waals surface area contributed by atoms with Gasteiger partial charge in [0.15, 0.2) is 0 Å². The molecule has 1 aliphatic heterocycles. The van der Waals surface area contributed by atoms with Crippen molar-refractivity contribution in [2.24, 2.45) is 10.1 Å². The summed E-state index contributed by atoms with van der Waals surface area (Å²) in [5.41, 5.74) is 5.18. The first-order chi connectivity index (χ1) is 18.5. The summed E-state index contributed by atoms with van der Waals surface area (Å²) in [6.45, 7) is 0. The van der Waals surface area contributed by atoms with Gasteiger partial charge in [-0.05, 0) is 54.6 Å². The minimum Gasteiger partial charge on any atom is -0.456 e. The fraction of sp³-hybridized carbons (Fsp3) is 0. The third-order valence-electron chi connectivity index (χ3n) is 6.25. The number of hydrogen-bond acceptors (Lipinski definition) is 5. The van der Waals surface area contributed by atoms with Gasteiger partial charge in [0.1, 0.15) is 11.3 Å². The van der Waals surface area contributed by atoms with Gasteiger partial charge in [-0.15, -0.1) is 0 Å². The Labute approximate surface area is 220 Å². The normalized spacial score (nSPS) is 12.2. The van der Waals surface area contributed by atoms with Crippen LogP contribution in [0.3, 0.4) is 0 Å². The monoisotopic (exact) mass is 517 g/mol. The molecule has 7 heteroatoms. The Hall–Kier alpha value is -4.72. The molecule has 0 amide bonds. The summed E-state index contributed by atoms with van der Waals surface area (Å²) in [5, 5.41) is 10.5. The van der Waals surface area contributed by atoms with Crippen LogP contribution < -0.4 is 15.8 Å². The van der Waals surface area contributed by atoms with Crippen molar-refractivity contribution >= 4 is 38.1 Å². The number of anilines is 2. The van der Waals surface area contributed by atoms with Crippen molar-refractivity contribution < 1.29 is 12.8 Å². The average molecular weight is 518 g/mol. The third kappa shape index (κ3) is 4.68. The Kier molecular flexibility index (Phi) is 5.99. The zero-order valence-corrected chi connectivity index (χ0v) is 21.0. The molecule has 0 unspecified atom stereocenters. The number of benzene rings is 5. The summed E-state index contributed by atoms with van der Waals surface area (Å²) in [7, 11) is -3.98. The van der Waals surface area contributed by atoms with Gasteiger partial charge in [0.25, 0.3) is 0 Å². The Morgan fingerprint density at radius 2 is 1.39 bits per heavy atom. The molecule has 0 atom stereocenters. The topological polar surface area (TPSA) is 97.7 Å². The van der Waals surface area contributed by atoms with Crippen molar-refractivity contribution in [2.45, 2.75) is 4.90 Å². The van der Waals surface area contributed by atoms with Crippen LogP contribution in [0.2, 0.25) is 0 Å². The lowest BCUT2D eigenvalue weighted by Gasteiger charge is -2.18. The Bertz CT molecular complexity index is 1920. The molecule has 1 aliphatic carbocycles. The highest BCUT2D eigenvalue weighted by Crippen LogP contribution is 2.42. The van der Waals surface area contributed by atoms with Crippen LogP contribution in [0, 0.1) is 0 Å². The molecule has 0 saturated heterocycles. The molecular weight excluding hydrogens is 494 g/mol. The van der Waals surface area contributed by atoms with Crippen molar-refractivity contribution in [3.05, 3.63) is 127 Å². The number of nitrogens with one attached hydrogen (secondary N) is 1. The minimum atomic E-state index is -3.98. The highest BCUT2D eigenvalue weighted by atomic mass is 32.2. The number of nitrogens with two attached hydrogens (primary N) is 1. The van der Waals surface area contributed by atoms with Crippen LogP contribution in [-0.2, 0) is 10.0 Å². The standard InChI is InChI=1S/C31H23N3O3S/c32-38(35,36)30-14-8-7-13-27(30)31-25-17-15-23(33-21-9-3-1-4-10-21)19-28(25)37-29-20-24(16-18-26(29)31)34-22-11-5-2-6-12-22/h1-20,33H,(H2,32,35,36)/b34-24+. The quantitative estimate of drug-likeness (QED) is 0.245. The molecule has 6 nitrogen and oxygen atoms in total. The summed E-state index contributed by atoms with van der Waals surface area (Å²) in [6.07, 6.45) is 0. The number of primary sulfonamides is 1. The van der Waals surface area contributed by atoms with Gasteiger partial charge in [-0.2, -0.15) is 0 Å². The van der Waals surface area contributed by atoms with Gasteiger partial charge in [0.2, 0.25) is 10.0 Å². The highest BCUT2D eigenvalue weighted by molar-refractivity contribution is 7.89. The summed E-state index contributed by atoms with van der Waals surface area (Å²) in [4.78, 5) is 4.77. The Balaban J connectivity index is 1.62. The van der Waals surface area contributed by atoms with E-state index in [0.29, 0.717) is 16.9 Å². The Morgan fingerprint density at radius 1 is 0.684 bits per heavy atom. The Morgan fingerprint density at radius 3 is 2.16 bits per heavy atom. The van der Waals surface area contributed by atoms with Crippen molar-refractivity contribution in [3.8, 4) is 22.5 Å². The molecule has 0 bridgehead atoms. The molecule has 4 aromatic rings. The molecule has 3 N–H and O–H groups in total. The van der Waals surface area contributed by atoms with E-state index in [-0.39, 0.29) is 4.90 Å². The number of rotatable bonds is 5. The van der Waals surface area contributed by atoms with Crippen LogP contribution in [0.15, 0.2) is 136 Å². The first-order valence-corrected chi connectivity index (χ1v) is 13.5. The van der Waals surface area contributed by atoms with Crippen LogP contribution in [-0.4, -0.2) is 8.42 Å². The maximum atomic E-state index is 12.5. The predicted octanol–water partition coefficient (Wildman–Crippen LogP) is 6.83. The molecule has 0 saturated carbocycles. The van der Waals surface area contributed by atoms with Gasteiger partial charge in [0.05, 0.1) is 15.9 Å². The molecule has 4 aromatic carbocycles. The van der Waals surface area contributed by atoms with Gasteiger partial charge < -0.3 is 9.73 Å². The second kappa shape index (κ2) is 9.63. The van der Waals surface area contributed by atoms with E-state index in [9.17, 15) is 8.42 Å². The first-order valence-electron chi connectivity index (χ1n) is 12.0. The second-order valence-electron chi connectivity index (χ2n) is 8.85. The van der Waals surface area contributed by atoms with E-state index < -0.39 is 10.0 Å². The van der Waals surface area contributed by atoms with Crippen LogP contribution in [0.25, 0.3) is 33.4 Å². The lowest BCUT2D eigenvalue weighted by molar-refractivity contribution is 0.598. The van der Waals surface area contributed by atoms with Crippen molar-refractivity contribution in [1.82, 2.24) is 0 Å². The van der Waals surface area contributed by atoms with E-state index >= 15 is 0 Å². The molecule has 38 heavy (non-hydrogen) atoms. The second-order valence-corrected chi connectivity index (χ2v) is 10.4. The molecular formula is C31H23N3O3S. The number of nitrogens with zero attached hydrogens (tertiary/aromatic N) is 1. The first kappa shape index (κ1) is 23.7. The summed E-state index contributed by atoms with van der Waals surface area (Å²) in [6, 6.07) is 37.7. The molecule has 1 heterocycles. The van der Waals surface area contributed by atoms with Crippen molar-refractivity contribution in [3.63, 3.8) is 0 Å². The van der Waals surface area contributed by atoms with E-state index in [2.05, 4.69) is 5.32 Å². The van der Waals surface area contributed by atoms with Crippen LogP contribution in [0.4, 0.5) is 17.1 Å². The molecule has 0 fully saturated rings. The zero-order chi connectivity index (χ0) is 26.1. The summed E-state index contributed by atoms with van der Waals surface area (Å²) >= 11 is 0. The largest absolute Gasteiger partial charge is 0.456 e. The predicted molar refractivity (Wildman–Crippen MR) is 151 cm³/mol. The lowest BCUT2D eigenvalue weighted by Crippen LogP contribution is -2.13. The number of hydrogen-bond donors (Lipinski definition) is 2. The third-order valence-corrected chi connectivity index (χ3v) is 7.21. The van der Waals surface area contributed by atoms with Crippen molar-refractivity contribution in [1.29, 1.82) is 0 Å². The SMILES string of the molecule is NS(=O)(=O)c1ccccc1-c1c2cc/c(=N\c3ccccc3)cc-2oc2cc(Nc3ccccc3)ccc12. The molecule has 0 aromatic heterocycles. The zero-order valence-electron chi connectivity index (χ0n) is 20.2. The van der Waals surface area contributed by atoms with Crippen LogP contribution in [0.5, 0.6) is 0 Å². The molecule has 0 radical (unpaired) electrons. The van der Waals surface area contributed by atoms with Crippen molar-refractivity contribution in [2.75, 3.05) is 5.32 Å². The van der Waals surface area contributed by atoms with Gasteiger partial charge >= 0.3 is 0 Å². The summed E-state index contributed by atoms with van der Waals surface area (Å²) < 4.78 is 31.5. The molecule has 186 valence electrons. The van der Waals surface area contributed by atoms with Gasteiger partial charge in [-0.25, -0.2) is 18.5 Å². The maximum absolute atomic E-state index is 12.5. The van der Waals surface area contributed by atoms with E-state index in [1.165, 1.54) is 6.07 Å². The smallest absolute Gasteiger partial charge is 0.238 e. The minimum absolute atomic E-state index is 0.0540. The van der Waals surface area contributed by atoms with Gasteiger partial charge in [0, 0.05) is 45.6 Å². The van der Waals surface area contributed by atoms with Gasteiger partial charge in [-0.1, -0.05) is 54.6 Å². The van der Waals surface area contributed by atoms with Crippen LogP contribution >= 0.6 is 0 Å².